The number of carbonyl (C=O) groups is 1. The number of alkyl halides is 3. The maximum absolute atomic E-state index is 14.7. The Morgan fingerprint density at radius 1 is 1.07 bits per heavy atom. The molecule has 0 bridgehead atoms. The monoisotopic (exact) mass is 405 g/mol. The third-order valence-electron chi connectivity index (χ3n) is 4.10. The predicted molar refractivity (Wildman–Crippen MR) is 99.2 cm³/mol. The first kappa shape index (κ1) is 20.1. The lowest BCUT2D eigenvalue weighted by atomic mass is 9.96. The average Bonchev–Trinajstić information content (AvgIpc) is 2.68. The minimum absolute atomic E-state index is 0.103. The van der Waals surface area contributed by atoms with Crippen molar-refractivity contribution in [2.45, 2.75) is 6.18 Å². The van der Waals surface area contributed by atoms with E-state index < -0.39 is 34.6 Å². The number of amides is 1. The van der Waals surface area contributed by atoms with Gasteiger partial charge in [-0.2, -0.15) is 13.2 Å². The molecule has 9 heteroatoms. The number of anilines is 1. The number of nitrogens with two attached hydrogens (primary N) is 1. The molecule has 3 aromatic rings. The van der Waals surface area contributed by atoms with Gasteiger partial charge in [-0.05, 0) is 42.5 Å². The molecule has 0 saturated carbocycles. The fourth-order valence-corrected chi connectivity index (χ4v) is 2.68. The fraction of sp³-hybridized carbons (Fsp3) is 0.100. The molecule has 3 N–H and O–H groups in total. The van der Waals surface area contributed by atoms with Crippen LogP contribution in [0.15, 0.2) is 54.7 Å². The van der Waals surface area contributed by atoms with Gasteiger partial charge in [0, 0.05) is 36.1 Å². The maximum atomic E-state index is 14.7. The standard InChI is InChI=1S/C20H15F4N3O2/c1-26-12-3-5-13(6-4-12)29-16-9-2-11(10-27-16)17-15(20(22,23)24)8-7-14(18(17)21)19(25)28/h2-10,26H,1H3,(H2,25,28). The highest BCUT2D eigenvalue weighted by Crippen LogP contribution is 2.39. The molecule has 2 aromatic carbocycles. The van der Waals surface area contributed by atoms with Gasteiger partial charge in [0.1, 0.15) is 11.6 Å². The lowest BCUT2D eigenvalue weighted by Crippen LogP contribution is -2.16. The van der Waals surface area contributed by atoms with Crippen LogP contribution in [0.4, 0.5) is 23.2 Å². The Bertz CT molecular complexity index is 1030. The van der Waals surface area contributed by atoms with Crippen LogP contribution < -0.4 is 15.8 Å². The Kier molecular flexibility index (Phi) is 5.40. The number of ether oxygens (including phenoxy) is 1. The number of primary amides is 1. The van der Waals surface area contributed by atoms with E-state index in [1.807, 2.05) is 0 Å². The summed E-state index contributed by atoms with van der Waals surface area (Å²) >= 11 is 0. The lowest BCUT2D eigenvalue weighted by Gasteiger charge is -2.15. The van der Waals surface area contributed by atoms with Crippen molar-refractivity contribution >= 4 is 11.6 Å². The molecule has 1 amide bonds. The van der Waals surface area contributed by atoms with Crippen LogP contribution in [0.2, 0.25) is 0 Å². The van der Waals surface area contributed by atoms with Crippen LogP contribution >= 0.6 is 0 Å². The smallest absolute Gasteiger partial charge is 0.417 e. The molecule has 0 unspecified atom stereocenters. The highest BCUT2D eigenvalue weighted by atomic mass is 19.4. The van der Waals surface area contributed by atoms with Crippen molar-refractivity contribution in [3.8, 4) is 22.8 Å². The van der Waals surface area contributed by atoms with E-state index in [9.17, 15) is 22.4 Å². The van der Waals surface area contributed by atoms with Gasteiger partial charge in [0.25, 0.3) is 5.91 Å². The maximum Gasteiger partial charge on any atom is 0.417 e. The van der Waals surface area contributed by atoms with E-state index in [4.69, 9.17) is 10.5 Å². The van der Waals surface area contributed by atoms with Gasteiger partial charge in [0.2, 0.25) is 5.88 Å². The number of hydrogen-bond donors (Lipinski definition) is 2. The average molecular weight is 405 g/mol. The van der Waals surface area contributed by atoms with Gasteiger partial charge >= 0.3 is 6.18 Å². The van der Waals surface area contributed by atoms with E-state index in [1.165, 1.54) is 12.1 Å². The van der Waals surface area contributed by atoms with E-state index in [0.29, 0.717) is 17.9 Å². The minimum Gasteiger partial charge on any atom is -0.439 e. The number of carbonyl (C=O) groups excluding carboxylic acids is 1. The summed E-state index contributed by atoms with van der Waals surface area (Å²) in [6.07, 6.45) is -3.80. The fourth-order valence-electron chi connectivity index (χ4n) is 2.68. The summed E-state index contributed by atoms with van der Waals surface area (Å²) in [4.78, 5) is 15.3. The van der Waals surface area contributed by atoms with Crippen molar-refractivity contribution in [1.82, 2.24) is 4.98 Å². The summed E-state index contributed by atoms with van der Waals surface area (Å²) in [7, 11) is 1.76. The van der Waals surface area contributed by atoms with E-state index in [2.05, 4.69) is 10.3 Å². The van der Waals surface area contributed by atoms with Crippen LogP contribution in [-0.4, -0.2) is 17.9 Å². The molecule has 29 heavy (non-hydrogen) atoms. The molecule has 0 spiro atoms. The number of aromatic nitrogens is 1. The molecule has 3 rings (SSSR count). The zero-order valence-corrected chi connectivity index (χ0v) is 15.0. The van der Waals surface area contributed by atoms with Gasteiger partial charge in [-0.1, -0.05) is 0 Å². The first-order chi connectivity index (χ1) is 13.7. The van der Waals surface area contributed by atoms with Crippen molar-refractivity contribution in [2.75, 3.05) is 12.4 Å². The van der Waals surface area contributed by atoms with Crippen molar-refractivity contribution < 1.29 is 27.1 Å². The number of pyridine rings is 1. The van der Waals surface area contributed by atoms with Gasteiger partial charge in [0.15, 0.2) is 0 Å². The van der Waals surface area contributed by atoms with Crippen LogP contribution in [0, 0.1) is 5.82 Å². The number of nitrogens with one attached hydrogen (secondary N) is 1. The quantitative estimate of drug-likeness (QED) is 0.596. The first-order valence-corrected chi connectivity index (χ1v) is 8.32. The molecule has 0 saturated heterocycles. The molecule has 0 radical (unpaired) electrons. The van der Waals surface area contributed by atoms with Gasteiger partial charge in [-0.25, -0.2) is 9.37 Å². The lowest BCUT2D eigenvalue weighted by molar-refractivity contribution is -0.137. The number of rotatable bonds is 5. The largest absolute Gasteiger partial charge is 0.439 e. The third kappa shape index (κ3) is 4.29. The molecule has 0 atom stereocenters. The Morgan fingerprint density at radius 2 is 1.76 bits per heavy atom. The Labute approximate surface area is 163 Å². The van der Waals surface area contributed by atoms with Crippen LogP contribution in [0.5, 0.6) is 11.6 Å². The first-order valence-electron chi connectivity index (χ1n) is 8.32. The van der Waals surface area contributed by atoms with Crippen LogP contribution in [-0.2, 0) is 6.18 Å². The molecule has 0 aliphatic heterocycles. The molecule has 150 valence electrons. The highest BCUT2D eigenvalue weighted by Gasteiger charge is 2.36. The minimum atomic E-state index is -4.84. The summed E-state index contributed by atoms with van der Waals surface area (Å²) in [5, 5.41) is 2.95. The van der Waals surface area contributed by atoms with E-state index >= 15 is 0 Å². The second-order valence-corrected chi connectivity index (χ2v) is 5.97. The molecular weight excluding hydrogens is 390 g/mol. The number of hydrogen-bond acceptors (Lipinski definition) is 4. The van der Waals surface area contributed by atoms with E-state index in [0.717, 1.165) is 11.9 Å². The highest BCUT2D eigenvalue weighted by molar-refractivity contribution is 5.95. The topological polar surface area (TPSA) is 77.2 Å². The normalized spacial score (nSPS) is 11.2. The van der Waals surface area contributed by atoms with Crippen LogP contribution in [0.25, 0.3) is 11.1 Å². The SMILES string of the molecule is CNc1ccc(Oc2ccc(-c3c(C(F)(F)F)ccc(C(N)=O)c3F)cn2)cc1. The number of halogens is 4. The molecule has 0 aliphatic carbocycles. The zero-order chi connectivity index (χ0) is 21.2. The summed E-state index contributed by atoms with van der Waals surface area (Å²) in [6, 6.07) is 10.8. The summed E-state index contributed by atoms with van der Waals surface area (Å²) < 4.78 is 60.2. The van der Waals surface area contributed by atoms with E-state index in [-0.39, 0.29) is 11.4 Å². The van der Waals surface area contributed by atoms with E-state index in [1.54, 1.807) is 31.3 Å². The zero-order valence-electron chi connectivity index (χ0n) is 15.0. The molecule has 0 aliphatic rings. The van der Waals surface area contributed by atoms with Crippen LogP contribution in [0.1, 0.15) is 15.9 Å². The Morgan fingerprint density at radius 3 is 2.28 bits per heavy atom. The molecule has 0 fully saturated rings. The number of nitrogens with zero attached hydrogens (tertiary/aromatic N) is 1. The van der Waals surface area contributed by atoms with Crippen LogP contribution in [0.3, 0.4) is 0 Å². The second kappa shape index (κ2) is 7.78. The summed E-state index contributed by atoms with van der Waals surface area (Å²) in [6.45, 7) is 0. The van der Waals surface area contributed by atoms with Crippen molar-refractivity contribution in [2.24, 2.45) is 5.73 Å². The predicted octanol–water partition coefficient (Wildman–Crippen LogP) is 4.84. The summed E-state index contributed by atoms with van der Waals surface area (Å²) in [5.74, 6) is -1.96. The van der Waals surface area contributed by atoms with Gasteiger partial charge in [0.05, 0.1) is 11.1 Å². The molecular formula is C20H15F4N3O2. The second-order valence-electron chi connectivity index (χ2n) is 5.97. The molecule has 1 heterocycles. The Balaban J connectivity index is 1.98. The molecule has 5 nitrogen and oxygen atoms in total. The van der Waals surface area contributed by atoms with Gasteiger partial charge in [-0.3, -0.25) is 4.79 Å². The van der Waals surface area contributed by atoms with Crippen molar-refractivity contribution in [1.29, 1.82) is 0 Å². The Hall–Kier alpha value is -3.62. The summed E-state index contributed by atoms with van der Waals surface area (Å²) in [5.41, 5.74) is 3.07. The van der Waals surface area contributed by atoms with Gasteiger partial charge in [-0.15, -0.1) is 0 Å². The van der Waals surface area contributed by atoms with Crippen molar-refractivity contribution in [3.63, 3.8) is 0 Å². The third-order valence-corrected chi connectivity index (χ3v) is 4.10. The molecule has 1 aromatic heterocycles. The van der Waals surface area contributed by atoms with Gasteiger partial charge < -0.3 is 15.8 Å². The van der Waals surface area contributed by atoms with Crippen molar-refractivity contribution in [3.05, 3.63) is 71.7 Å². The number of benzene rings is 2.